The highest BCUT2D eigenvalue weighted by atomic mass is 16.7. The molecule has 7 unspecified atom stereocenters. The number of nitrogens with one attached hydrogen (secondary N) is 1. The van der Waals surface area contributed by atoms with Crippen LogP contribution >= 0.6 is 0 Å². The Kier molecular flexibility index (Phi) is 42.6. The Morgan fingerprint density at radius 1 is 0.552 bits per heavy atom. The minimum Gasteiger partial charge on any atom is -0.466 e. The molecule has 67 heavy (non-hydrogen) atoms. The lowest BCUT2D eigenvalue weighted by Gasteiger charge is -2.40. The summed E-state index contributed by atoms with van der Waals surface area (Å²) in [6.45, 7) is 4.18. The van der Waals surface area contributed by atoms with Crippen LogP contribution in [0.15, 0.2) is 60.8 Å². The van der Waals surface area contributed by atoms with Crippen LogP contribution in [0.25, 0.3) is 0 Å². The van der Waals surface area contributed by atoms with E-state index >= 15 is 0 Å². The molecule has 0 aromatic carbocycles. The summed E-state index contributed by atoms with van der Waals surface area (Å²) in [4.78, 5) is 25.0. The standard InChI is InChI=1S/C56H99NO10/c1-3-5-7-9-11-13-15-17-20-24-28-32-36-40-44-52(61)65-45-41-37-33-29-25-21-18-19-23-27-31-35-39-43-51(60)57-48(47-66-56-55(64)54(63)53(62)50(46-58)67-56)49(59)42-38-34-30-26-22-16-14-12-10-8-6-4-2/h9,11,15,17,19,23,31,35,38,42,48-50,53-56,58-59,62-64H,3-8,10,12-14,16,18,20-22,24-30,32-34,36-37,39-41,43-47H2,1-2H3,(H,57,60)/b11-9-,17-15-,23-19-,35-31-,42-38+. The van der Waals surface area contributed by atoms with Crippen molar-refractivity contribution in [2.24, 2.45) is 0 Å². The van der Waals surface area contributed by atoms with Crippen LogP contribution in [0, 0.1) is 0 Å². The van der Waals surface area contributed by atoms with Crippen LogP contribution in [-0.2, 0) is 23.8 Å². The van der Waals surface area contributed by atoms with E-state index in [0.29, 0.717) is 19.4 Å². The van der Waals surface area contributed by atoms with Crippen molar-refractivity contribution >= 4 is 11.9 Å². The minimum atomic E-state index is -1.59. The number of ether oxygens (including phenoxy) is 3. The van der Waals surface area contributed by atoms with Gasteiger partial charge in [-0.2, -0.15) is 0 Å². The first-order valence-corrected chi connectivity index (χ1v) is 27.1. The first-order chi connectivity index (χ1) is 32.7. The molecule has 1 heterocycles. The van der Waals surface area contributed by atoms with Gasteiger partial charge in [0.2, 0.25) is 5.91 Å². The van der Waals surface area contributed by atoms with Gasteiger partial charge in [0.05, 0.1) is 32.0 Å². The Morgan fingerprint density at radius 3 is 1.58 bits per heavy atom. The first kappa shape index (κ1) is 62.4. The molecule has 11 nitrogen and oxygen atoms in total. The second-order valence-corrected chi connectivity index (χ2v) is 18.6. The van der Waals surface area contributed by atoms with E-state index in [4.69, 9.17) is 14.2 Å². The number of aliphatic hydroxyl groups excluding tert-OH is 5. The molecule has 7 atom stereocenters. The molecule has 1 aliphatic rings. The summed E-state index contributed by atoms with van der Waals surface area (Å²) in [6, 6.07) is -0.855. The van der Waals surface area contributed by atoms with E-state index in [2.05, 4.69) is 55.6 Å². The van der Waals surface area contributed by atoms with Gasteiger partial charge in [-0.1, -0.05) is 190 Å². The average Bonchev–Trinajstić information content (AvgIpc) is 3.32. The number of amides is 1. The molecule has 6 N–H and O–H groups in total. The quantitative estimate of drug-likeness (QED) is 0.0196. The summed E-state index contributed by atoms with van der Waals surface area (Å²) in [5.41, 5.74) is 0. The molecule has 0 aromatic rings. The van der Waals surface area contributed by atoms with Crippen molar-refractivity contribution in [2.75, 3.05) is 19.8 Å². The summed E-state index contributed by atoms with van der Waals surface area (Å²) >= 11 is 0. The third-order valence-corrected chi connectivity index (χ3v) is 12.4. The van der Waals surface area contributed by atoms with Crippen molar-refractivity contribution < 1.29 is 49.3 Å². The van der Waals surface area contributed by atoms with Crippen LogP contribution in [0.2, 0.25) is 0 Å². The molecule has 0 bridgehead atoms. The molecule has 1 saturated heterocycles. The van der Waals surface area contributed by atoms with Gasteiger partial charge >= 0.3 is 5.97 Å². The molecule has 0 radical (unpaired) electrons. The topological polar surface area (TPSA) is 175 Å². The van der Waals surface area contributed by atoms with Crippen LogP contribution < -0.4 is 5.32 Å². The normalized spacial score (nSPS) is 20.0. The fourth-order valence-corrected chi connectivity index (χ4v) is 7.97. The first-order valence-electron chi connectivity index (χ1n) is 27.1. The summed E-state index contributed by atoms with van der Waals surface area (Å²) in [5, 5.41) is 54.2. The van der Waals surface area contributed by atoms with Crippen molar-refractivity contribution in [1.82, 2.24) is 5.32 Å². The predicted molar refractivity (Wildman–Crippen MR) is 273 cm³/mol. The zero-order valence-corrected chi connectivity index (χ0v) is 42.3. The van der Waals surface area contributed by atoms with Crippen molar-refractivity contribution in [3.05, 3.63) is 60.8 Å². The number of aliphatic hydroxyl groups is 5. The second-order valence-electron chi connectivity index (χ2n) is 18.6. The van der Waals surface area contributed by atoms with Crippen molar-refractivity contribution in [3.8, 4) is 0 Å². The van der Waals surface area contributed by atoms with E-state index in [1.165, 1.54) is 103 Å². The molecule has 388 valence electrons. The second kappa shape index (κ2) is 45.8. The highest BCUT2D eigenvalue weighted by Crippen LogP contribution is 2.22. The fraction of sp³-hybridized carbons (Fsp3) is 0.786. The largest absolute Gasteiger partial charge is 0.466 e. The number of rotatable bonds is 45. The van der Waals surface area contributed by atoms with Gasteiger partial charge < -0.3 is 45.1 Å². The molecule has 0 spiro atoms. The van der Waals surface area contributed by atoms with Gasteiger partial charge in [-0.3, -0.25) is 9.59 Å². The maximum absolute atomic E-state index is 13.0. The summed E-state index contributed by atoms with van der Waals surface area (Å²) < 4.78 is 16.6. The Morgan fingerprint density at radius 2 is 1.03 bits per heavy atom. The van der Waals surface area contributed by atoms with Crippen LogP contribution in [0.4, 0.5) is 0 Å². The smallest absolute Gasteiger partial charge is 0.305 e. The molecule has 0 saturated carbocycles. The third-order valence-electron chi connectivity index (χ3n) is 12.4. The molecular formula is C56H99NO10. The zero-order chi connectivity index (χ0) is 48.8. The molecule has 1 aliphatic heterocycles. The van der Waals surface area contributed by atoms with E-state index in [1.54, 1.807) is 6.08 Å². The number of allylic oxidation sites excluding steroid dienone is 9. The Hall–Kier alpha value is -2.64. The molecule has 0 aliphatic carbocycles. The predicted octanol–water partition coefficient (Wildman–Crippen LogP) is 11.5. The lowest BCUT2D eigenvalue weighted by atomic mass is 9.99. The van der Waals surface area contributed by atoms with E-state index in [-0.39, 0.29) is 24.9 Å². The Labute approximate surface area is 408 Å². The zero-order valence-electron chi connectivity index (χ0n) is 42.3. The summed E-state index contributed by atoms with van der Waals surface area (Å²) in [7, 11) is 0. The molecule has 1 amide bonds. The number of hydrogen-bond acceptors (Lipinski definition) is 10. The number of hydrogen-bond donors (Lipinski definition) is 6. The Balaban J connectivity index is 2.21. The molecule has 1 rings (SSSR count). The van der Waals surface area contributed by atoms with Gasteiger partial charge in [0.25, 0.3) is 0 Å². The van der Waals surface area contributed by atoms with Gasteiger partial charge in [-0.25, -0.2) is 0 Å². The average molecular weight is 946 g/mol. The number of carbonyl (C=O) groups is 2. The van der Waals surface area contributed by atoms with E-state index < -0.39 is 49.5 Å². The lowest BCUT2D eigenvalue weighted by molar-refractivity contribution is -0.302. The van der Waals surface area contributed by atoms with Crippen LogP contribution in [0.3, 0.4) is 0 Å². The number of carbonyl (C=O) groups excluding carboxylic acids is 2. The third kappa shape index (κ3) is 36.0. The maximum Gasteiger partial charge on any atom is 0.305 e. The highest BCUT2D eigenvalue weighted by molar-refractivity contribution is 5.76. The fourth-order valence-electron chi connectivity index (χ4n) is 7.97. The maximum atomic E-state index is 13.0. The SMILES string of the molecule is CCCC/C=C\C/C=C\CCCCCCCC(=O)OCCCCCCCC/C=C\C/C=C\CCC(=O)NC(COC1OC(CO)C(O)C(O)C1O)C(O)/C=C/CCCCCCCCCCCC. The van der Waals surface area contributed by atoms with Gasteiger partial charge in [-0.05, 0) is 77.0 Å². The van der Waals surface area contributed by atoms with Crippen molar-refractivity contribution in [2.45, 2.75) is 262 Å². The van der Waals surface area contributed by atoms with Crippen molar-refractivity contribution in [1.29, 1.82) is 0 Å². The molecular weight excluding hydrogens is 847 g/mol. The van der Waals surface area contributed by atoms with Gasteiger partial charge in [-0.15, -0.1) is 0 Å². The van der Waals surface area contributed by atoms with Crippen molar-refractivity contribution in [3.63, 3.8) is 0 Å². The molecule has 11 heteroatoms. The van der Waals surface area contributed by atoms with E-state index in [0.717, 1.165) is 83.5 Å². The van der Waals surface area contributed by atoms with Crippen LogP contribution in [0.5, 0.6) is 0 Å². The van der Waals surface area contributed by atoms with E-state index in [9.17, 15) is 35.1 Å². The van der Waals surface area contributed by atoms with Crippen LogP contribution in [-0.4, -0.2) is 100 Å². The van der Waals surface area contributed by atoms with Gasteiger partial charge in [0.1, 0.15) is 24.4 Å². The summed E-state index contributed by atoms with van der Waals surface area (Å²) in [5.74, 6) is -0.320. The summed E-state index contributed by atoms with van der Waals surface area (Å²) in [6.07, 6.45) is 47.4. The monoisotopic (exact) mass is 946 g/mol. The van der Waals surface area contributed by atoms with Gasteiger partial charge in [0, 0.05) is 12.8 Å². The minimum absolute atomic E-state index is 0.0550. The molecule has 1 fully saturated rings. The number of unbranched alkanes of at least 4 members (excludes halogenated alkanes) is 23. The number of esters is 1. The molecule has 0 aromatic heterocycles. The van der Waals surface area contributed by atoms with Crippen LogP contribution in [0.1, 0.15) is 219 Å². The highest BCUT2D eigenvalue weighted by Gasteiger charge is 2.44. The lowest BCUT2D eigenvalue weighted by Crippen LogP contribution is -2.60. The van der Waals surface area contributed by atoms with E-state index in [1.807, 2.05) is 18.2 Å². The van der Waals surface area contributed by atoms with Gasteiger partial charge in [0.15, 0.2) is 6.29 Å². The Bertz CT molecular complexity index is 1300.